The molecule has 0 radical (unpaired) electrons. The molecule has 0 bridgehead atoms. The van der Waals surface area contributed by atoms with E-state index in [1.165, 1.54) is 4.80 Å². The van der Waals surface area contributed by atoms with Gasteiger partial charge in [0.15, 0.2) is 0 Å². The van der Waals surface area contributed by atoms with Gasteiger partial charge in [-0.3, -0.25) is 4.79 Å². The Kier molecular flexibility index (Phi) is 4.92. The molecular weight excluding hydrogens is 354 g/mol. The first-order chi connectivity index (χ1) is 13.7. The number of aryl methyl sites for hydroxylation is 1. The third-order valence-corrected chi connectivity index (χ3v) is 4.11. The smallest absolute Gasteiger partial charge is 0.249 e. The molecule has 1 amide bonds. The summed E-state index contributed by atoms with van der Waals surface area (Å²) in [7, 11) is 0. The van der Waals surface area contributed by atoms with Crippen LogP contribution in [-0.2, 0) is 17.9 Å². The number of anilines is 1. The number of carbonyl (C=O) groups excluding carboxylic acids is 1. The highest BCUT2D eigenvalue weighted by Crippen LogP contribution is 2.14. The third-order valence-electron chi connectivity index (χ3n) is 4.11. The Hall–Kier alpha value is -3.81. The van der Waals surface area contributed by atoms with E-state index in [4.69, 9.17) is 0 Å². The van der Waals surface area contributed by atoms with Gasteiger partial charge in [0.05, 0.1) is 12.2 Å². The largest absolute Gasteiger partial charge is 0.309 e. The van der Waals surface area contributed by atoms with Crippen molar-refractivity contribution in [2.24, 2.45) is 0 Å². The molecular formula is C20H19N7O. The van der Waals surface area contributed by atoms with Crippen molar-refractivity contribution in [2.45, 2.75) is 20.0 Å². The maximum Gasteiger partial charge on any atom is 0.249 e. The average molecular weight is 373 g/mol. The number of hydrogen-bond donors (Lipinski definition) is 1. The van der Waals surface area contributed by atoms with E-state index in [1.807, 2.05) is 73.7 Å². The van der Waals surface area contributed by atoms with E-state index in [0.29, 0.717) is 18.2 Å². The van der Waals surface area contributed by atoms with Crippen LogP contribution in [0.1, 0.15) is 11.3 Å². The lowest BCUT2D eigenvalue weighted by Gasteiger charge is -2.08. The molecule has 4 rings (SSSR count). The van der Waals surface area contributed by atoms with Crippen LogP contribution in [0.3, 0.4) is 0 Å². The van der Waals surface area contributed by atoms with Crippen LogP contribution in [0.2, 0.25) is 0 Å². The summed E-state index contributed by atoms with van der Waals surface area (Å²) in [4.78, 5) is 13.7. The predicted octanol–water partition coefficient (Wildman–Crippen LogP) is 2.53. The Bertz CT molecular complexity index is 1070. The Morgan fingerprint density at radius 3 is 2.46 bits per heavy atom. The molecule has 4 aromatic rings. The fraction of sp³-hybridized carbons (Fsp3) is 0.150. The lowest BCUT2D eigenvalue weighted by Crippen LogP contribution is -2.22. The Morgan fingerprint density at radius 1 is 1.00 bits per heavy atom. The van der Waals surface area contributed by atoms with Crippen LogP contribution in [-0.4, -0.2) is 35.9 Å². The number of hydrogen-bond acceptors (Lipinski definition) is 5. The van der Waals surface area contributed by atoms with Crippen molar-refractivity contribution in [3.63, 3.8) is 0 Å². The first-order valence-corrected chi connectivity index (χ1v) is 8.89. The quantitative estimate of drug-likeness (QED) is 0.561. The van der Waals surface area contributed by atoms with Gasteiger partial charge in [-0.25, -0.2) is 4.68 Å². The number of carbonyl (C=O) groups is 1. The van der Waals surface area contributed by atoms with Gasteiger partial charge in [-0.05, 0) is 17.7 Å². The fourth-order valence-electron chi connectivity index (χ4n) is 2.85. The van der Waals surface area contributed by atoms with E-state index in [-0.39, 0.29) is 12.5 Å². The summed E-state index contributed by atoms with van der Waals surface area (Å²) in [5.41, 5.74) is 2.79. The normalized spacial score (nSPS) is 10.8. The van der Waals surface area contributed by atoms with E-state index >= 15 is 0 Å². The van der Waals surface area contributed by atoms with Crippen molar-refractivity contribution >= 4 is 11.7 Å². The zero-order valence-corrected chi connectivity index (χ0v) is 15.4. The lowest BCUT2D eigenvalue weighted by atomic mass is 10.2. The van der Waals surface area contributed by atoms with Crippen LogP contribution in [0.4, 0.5) is 5.82 Å². The summed E-state index contributed by atoms with van der Waals surface area (Å²) in [6.07, 6.45) is 0. The van der Waals surface area contributed by atoms with E-state index in [2.05, 4.69) is 25.8 Å². The van der Waals surface area contributed by atoms with Gasteiger partial charge in [0.25, 0.3) is 0 Å². The summed E-state index contributed by atoms with van der Waals surface area (Å²) in [6.45, 7) is 2.43. The van der Waals surface area contributed by atoms with Crippen molar-refractivity contribution in [3.8, 4) is 11.4 Å². The zero-order valence-electron chi connectivity index (χ0n) is 15.4. The highest BCUT2D eigenvalue weighted by atomic mass is 16.2. The molecule has 2 aromatic heterocycles. The second-order valence-corrected chi connectivity index (χ2v) is 6.37. The summed E-state index contributed by atoms with van der Waals surface area (Å²) < 4.78 is 1.77. The van der Waals surface area contributed by atoms with Crippen LogP contribution in [0.5, 0.6) is 0 Å². The molecule has 0 aliphatic rings. The first-order valence-electron chi connectivity index (χ1n) is 8.89. The van der Waals surface area contributed by atoms with Crippen molar-refractivity contribution in [3.05, 3.63) is 78.0 Å². The number of nitrogens with one attached hydrogen (secondary N) is 1. The minimum atomic E-state index is -0.244. The monoisotopic (exact) mass is 373 g/mol. The molecule has 0 aliphatic carbocycles. The van der Waals surface area contributed by atoms with E-state index in [9.17, 15) is 4.79 Å². The Labute approximate surface area is 161 Å². The van der Waals surface area contributed by atoms with Crippen LogP contribution < -0.4 is 5.32 Å². The summed E-state index contributed by atoms with van der Waals surface area (Å²) in [5, 5.41) is 19.6. The number of benzene rings is 2. The maximum absolute atomic E-state index is 12.5. The number of nitrogens with zero attached hydrogens (tertiary/aromatic N) is 6. The van der Waals surface area contributed by atoms with Crippen LogP contribution in [0, 0.1) is 6.92 Å². The molecule has 0 saturated heterocycles. The van der Waals surface area contributed by atoms with Gasteiger partial charge in [0.2, 0.25) is 11.7 Å². The standard InChI is InChI=1S/C20H19N7O/c1-15-12-18(26(23-15)13-16-8-4-2-5-9-16)21-19(28)14-27-24-20(22-25-27)17-10-6-3-7-11-17/h2-12H,13-14H2,1H3,(H,21,28). The molecule has 8 nitrogen and oxygen atoms in total. The van der Waals surface area contributed by atoms with Crippen molar-refractivity contribution in [1.82, 2.24) is 30.0 Å². The first kappa shape index (κ1) is 17.6. The molecule has 140 valence electrons. The van der Waals surface area contributed by atoms with Gasteiger partial charge >= 0.3 is 0 Å². The molecule has 0 spiro atoms. The topological polar surface area (TPSA) is 90.5 Å². The highest BCUT2D eigenvalue weighted by molar-refractivity contribution is 5.89. The second kappa shape index (κ2) is 7.83. The average Bonchev–Trinajstić information content (AvgIpc) is 3.30. The van der Waals surface area contributed by atoms with Gasteiger partial charge in [-0.15, -0.1) is 10.2 Å². The lowest BCUT2D eigenvalue weighted by molar-refractivity contribution is -0.117. The molecule has 0 aliphatic heterocycles. The molecule has 2 heterocycles. The van der Waals surface area contributed by atoms with Crippen molar-refractivity contribution in [1.29, 1.82) is 0 Å². The molecule has 0 unspecified atom stereocenters. The van der Waals surface area contributed by atoms with Crippen LogP contribution in [0.25, 0.3) is 11.4 Å². The van der Waals surface area contributed by atoms with Crippen molar-refractivity contribution in [2.75, 3.05) is 5.32 Å². The van der Waals surface area contributed by atoms with Gasteiger partial charge in [0.1, 0.15) is 12.4 Å². The van der Waals surface area contributed by atoms with Crippen LogP contribution in [0.15, 0.2) is 66.7 Å². The summed E-state index contributed by atoms with van der Waals surface area (Å²) in [5.74, 6) is 0.874. The number of amides is 1. The molecule has 0 saturated carbocycles. The molecule has 28 heavy (non-hydrogen) atoms. The van der Waals surface area contributed by atoms with E-state index in [0.717, 1.165) is 16.8 Å². The minimum Gasteiger partial charge on any atom is -0.309 e. The van der Waals surface area contributed by atoms with Crippen molar-refractivity contribution < 1.29 is 4.79 Å². The molecule has 0 atom stereocenters. The third kappa shape index (κ3) is 4.12. The second-order valence-electron chi connectivity index (χ2n) is 6.37. The molecule has 0 fully saturated rings. The zero-order chi connectivity index (χ0) is 19.3. The molecule has 1 N–H and O–H groups in total. The van der Waals surface area contributed by atoms with Gasteiger partial charge in [-0.1, -0.05) is 60.7 Å². The van der Waals surface area contributed by atoms with Gasteiger partial charge in [0, 0.05) is 11.6 Å². The predicted molar refractivity (Wildman–Crippen MR) is 104 cm³/mol. The van der Waals surface area contributed by atoms with Gasteiger partial charge < -0.3 is 5.32 Å². The number of tetrazole rings is 1. The van der Waals surface area contributed by atoms with E-state index < -0.39 is 0 Å². The number of aromatic nitrogens is 6. The van der Waals surface area contributed by atoms with Gasteiger partial charge in [-0.2, -0.15) is 9.90 Å². The van der Waals surface area contributed by atoms with Crippen LogP contribution >= 0.6 is 0 Å². The minimum absolute atomic E-state index is 0.0323. The van der Waals surface area contributed by atoms with E-state index in [1.54, 1.807) is 4.68 Å². The molecule has 8 heteroatoms. The fourth-order valence-corrected chi connectivity index (χ4v) is 2.85. The molecule has 2 aromatic carbocycles. The maximum atomic E-state index is 12.5. The Balaban J connectivity index is 1.44. The highest BCUT2D eigenvalue weighted by Gasteiger charge is 2.13. The number of rotatable bonds is 6. The summed E-state index contributed by atoms with van der Waals surface area (Å²) >= 11 is 0. The SMILES string of the molecule is Cc1cc(NC(=O)Cn2nnc(-c3ccccc3)n2)n(Cc2ccccc2)n1. The Morgan fingerprint density at radius 2 is 1.71 bits per heavy atom. The summed E-state index contributed by atoms with van der Waals surface area (Å²) in [6, 6.07) is 21.3.